The molecule has 1 aromatic carbocycles. The van der Waals surface area contributed by atoms with E-state index < -0.39 is 0 Å². The van der Waals surface area contributed by atoms with Crippen LogP contribution in [0.25, 0.3) is 0 Å². The summed E-state index contributed by atoms with van der Waals surface area (Å²) in [5.74, 6) is 3.36. The van der Waals surface area contributed by atoms with Crippen LogP contribution in [0.5, 0.6) is 11.5 Å². The van der Waals surface area contributed by atoms with E-state index in [1.165, 1.54) is 0 Å². The number of rotatable bonds is 3. The van der Waals surface area contributed by atoms with Crippen LogP contribution in [0.15, 0.2) is 18.2 Å². The predicted molar refractivity (Wildman–Crippen MR) is 87.2 cm³/mol. The molecule has 6 heteroatoms. The predicted octanol–water partition coefficient (Wildman–Crippen LogP) is 1.39. The van der Waals surface area contributed by atoms with Crippen molar-refractivity contribution < 1.29 is 19.1 Å². The maximum absolute atomic E-state index is 12.2. The summed E-state index contributed by atoms with van der Waals surface area (Å²) < 4.78 is 10.7. The molecular weight excluding hydrogens is 308 g/mol. The molecule has 2 aliphatic rings. The zero-order chi connectivity index (χ0) is 17.1. The highest BCUT2D eigenvalue weighted by atomic mass is 16.7. The Hall–Kier alpha value is -2.68. The Balaban J connectivity index is 1.72. The molecule has 2 aliphatic heterocycles. The topological polar surface area (TPSA) is 59.1 Å². The van der Waals surface area contributed by atoms with E-state index in [1.807, 2.05) is 18.2 Å². The van der Waals surface area contributed by atoms with Gasteiger partial charge in [0.1, 0.15) is 0 Å². The van der Waals surface area contributed by atoms with Gasteiger partial charge in [-0.05, 0) is 36.5 Å². The summed E-state index contributed by atoms with van der Waals surface area (Å²) in [4.78, 5) is 27.2. The molecule has 0 unspecified atom stereocenters. The number of carbonyl (C=O) groups excluding carboxylic acids is 2. The molecule has 0 N–H and O–H groups in total. The Morgan fingerprint density at radius 2 is 2.00 bits per heavy atom. The molecule has 1 fully saturated rings. The molecule has 1 saturated heterocycles. The molecule has 0 saturated carbocycles. The van der Waals surface area contributed by atoms with Gasteiger partial charge in [0.15, 0.2) is 11.5 Å². The van der Waals surface area contributed by atoms with Crippen molar-refractivity contribution >= 4 is 11.8 Å². The van der Waals surface area contributed by atoms with Gasteiger partial charge in [-0.1, -0.05) is 6.07 Å². The Kier molecular flexibility index (Phi) is 4.61. The largest absolute Gasteiger partial charge is 0.454 e. The van der Waals surface area contributed by atoms with Gasteiger partial charge < -0.3 is 19.3 Å². The quantitative estimate of drug-likeness (QED) is 0.787. The van der Waals surface area contributed by atoms with Crippen LogP contribution in [-0.4, -0.2) is 47.5 Å². The fourth-order valence-corrected chi connectivity index (χ4v) is 3.18. The SMILES string of the molecule is C#CC(=O)N(Cc1ccc2c(c1)OCO2)C1CCN(C(C)=O)CC1. The van der Waals surface area contributed by atoms with Crippen LogP contribution in [-0.2, 0) is 16.1 Å². The summed E-state index contributed by atoms with van der Waals surface area (Å²) in [5.41, 5.74) is 0.942. The molecule has 0 spiro atoms. The van der Waals surface area contributed by atoms with E-state index in [9.17, 15) is 9.59 Å². The molecule has 2 heterocycles. The second-order valence-electron chi connectivity index (χ2n) is 6.00. The van der Waals surface area contributed by atoms with Crippen LogP contribution in [0.1, 0.15) is 25.3 Å². The van der Waals surface area contributed by atoms with Crippen LogP contribution >= 0.6 is 0 Å². The fourth-order valence-electron chi connectivity index (χ4n) is 3.18. The van der Waals surface area contributed by atoms with E-state index >= 15 is 0 Å². The number of carbonyl (C=O) groups is 2. The molecule has 0 aromatic heterocycles. The van der Waals surface area contributed by atoms with Crippen molar-refractivity contribution in [1.82, 2.24) is 9.80 Å². The van der Waals surface area contributed by atoms with Crippen LogP contribution in [0.2, 0.25) is 0 Å². The second-order valence-corrected chi connectivity index (χ2v) is 6.00. The van der Waals surface area contributed by atoms with Gasteiger partial charge in [0, 0.05) is 32.6 Å². The number of benzene rings is 1. The third-order valence-corrected chi connectivity index (χ3v) is 4.52. The summed E-state index contributed by atoms with van der Waals surface area (Å²) in [6, 6.07) is 5.67. The van der Waals surface area contributed by atoms with E-state index in [0.717, 1.165) is 18.4 Å². The summed E-state index contributed by atoms with van der Waals surface area (Å²) in [7, 11) is 0. The minimum Gasteiger partial charge on any atom is -0.454 e. The normalized spacial score (nSPS) is 16.6. The van der Waals surface area contributed by atoms with E-state index in [-0.39, 0.29) is 24.6 Å². The van der Waals surface area contributed by atoms with Gasteiger partial charge in [-0.3, -0.25) is 9.59 Å². The first-order valence-electron chi connectivity index (χ1n) is 7.99. The van der Waals surface area contributed by atoms with Crippen molar-refractivity contribution in [2.75, 3.05) is 19.9 Å². The Morgan fingerprint density at radius 3 is 2.67 bits per heavy atom. The van der Waals surface area contributed by atoms with Gasteiger partial charge in [0.2, 0.25) is 12.7 Å². The third-order valence-electron chi connectivity index (χ3n) is 4.52. The van der Waals surface area contributed by atoms with Gasteiger partial charge in [0.05, 0.1) is 0 Å². The minimum absolute atomic E-state index is 0.0366. The number of hydrogen-bond donors (Lipinski definition) is 0. The van der Waals surface area contributed by atoms with Gasteiger partial charge in [-0.2, -0.15) is 0 Å². The average molecular weight is 328 g/mol. The summed E-state index contributed by atoms with van der Waals surface area (Å²) in [5, 5.41) is 0. The van der Waals surface area contributed by atoms with Gasteiger partial charge >= 0.3 is 0 Å². The molecular formula is C18H20N2O4. The lowest BCUT2D eigenvalue weighted by Crippen LogP contribution is -2.47. The van der Waals surface area contributed by atoms with E-state index in [4.69, 9.17) is 15.9 Å². The number of amides is 2. The molecule has 0 atom stereocenters. The zero-order valence-corrected chi connectivity index (χ0v) is 13.7. The van der Waals surface area contributed by atoms with E-state index in [1.54, 1.807) is 16.7 Å². The maximum atomic E-state index is 12.2. The highest BCUT2D eigenvalue weighted by Gasteiger charge is 2.28. The van der Waals surface area contributed by atoms with Crippen molar-refractivity contribution in [2.24, 2.45) is 0 Å². The number of ether oxygens (including phenoxy) is 2. The smallest absolute Gasteiger partial charge is 0.298 e. The van der Waals surface area contributed by atoms with Crippen LogP contribution in [0.4, 0.5) is 0 Å². The van der Waals surface area contributed by atoms with Crippen LogP contribution in [0, 0.1) is 12.3 Å². The lowest BCUT2D eigenvalue weighted by atomic mass is 10.0. The Labute approximate surface area is 141 Å². The van der Waals surface area contributed by atoms with Crippen molar-refractivity contribution in [3.8, 4) is 23.8 Å². The average Bonchev–Trinajstić information content (AvgIpc) is 3.07. The second kappa shape index (κ2) is 6.83. The molecule has 24 heavy (non-hydrogen) atoms. The maximum Gasteiger partial charge on any atom is 0.298 e. The molecule has 0 bridgehead atoms. The lowest BCUT2D eigenvalue weighted by Gasteiger charge is -2.37. The first-order valence-corrected chi connectivity index (χ1v) is 7.99. The molecule has 0 aliphatic carbocycles. The first kappa shape index (κ1) is 16.2. The molecule has 2 amide bonds. The molecule has 6 nitrogen and oxygen atoms in total. The standard InChI is InChI=1S/C18H20N2O4/c1-3-18(22)20(15-6-8-19(9-7-15)13(2)21)11-14-4-5-16-17(10-14)24-12-23-16/h1,4-5,10,15H,6-9,11-12H2,2H3. The number of terminal acetylenes is 1. The zero-order valence-electron chi connectivity index (χ0n) is 13.7. The van der Waals surface area contributed by atoms with Crippen molar-refractivity contribution in [2.45, 2.75) is 32.4 Å². The number of nitrogens with zero attached hydrogens (tertiary/aromatic N) is 2. The number of fused-ring (bicyclic) bond motifs is 1. The molecule has 126 valence electrons. The number of likely N-dealkylation sites (tertiary alicyclic amines) is 1. The fraction of sp³-hybridized carbons (Fsp3) is 0.444. The summed E-state index contributed by atoms with van der Waals surface area (Å²) in [6.07, 6.45) is 6.82. The Bertz CT molecular complexity index is 687. The van der Waals surface area contributed by atoms with E-state index in [0.29, 0.717) is 31.1 Å². The number of hydrogen-bond acceptors (Lipinski definition) is 4. The van der Waals surface area contributed by atoms with Crippen LogP contribution in [0.3, 0.4) is 0 Å². The number of piperidine rings is 1. The molecule has 0 radical (unpaired) electrons. The van der Waals surface area contributed by atoms with Gasteiger partial charge in [-0.25, -0.2) is 0 Å². The first-order chi connectivity index (χ1) is 11.6. The van der Waals surface area contributed by atoms with E-state index in [2.05, 4.69) is 5.92 Å². The highest BCUT2D eigenvalue weighted by molar-refractivity contribution is 5.93. The Morgan fingerprint density at radius 1 is 1.29 bits per heavy atom. The molecule has 3 rings (SSSR count). The van der Waals surface area contributed by atoms with Gasteiger partial charge in [-0.15, -0.1) is 6.42 Å². The third kappa shape index (κ3) is 3.30. The lowest BCUT2D eigenvalue weighted by molar-refractivity contribution is -0.132. The highest BCUT2D eigenvalue weighted by Crippen LogP contribution is 2.33. The van der Waals surface area contributed by atoms with Crippen molar-refractivity contribution in [1.29, 1.82) is 0 Å². The summed E-state index contributed by atoms with van der Waals surface area (Å²) >= 11 is 0. The van der Waals surface area contributed by atoms with Crippen LogP contribution < -0.4 is 9.47 Å². The minimum atomic E-state index is -0.325. The van der Waals surface area contributed by atoms with Crippen molar-refractivity contribution in [3.05, 3.63) is 23.8 Å². The molecule has 1 aromatic rings. The summed E-state index contributed by atoms with van der Waals surface area (Å²) in [6.45, 7) is 3.50. The monoisotopic (exact) mass is 328 g/mol. The van der Waals surface area contributed by atoms with Crippen molar-refractivity contribution in [3.63, 3.8) is 0 Å². The van der Waals surface area contributed by atoms with Gasteiger partial charge in [0.25, 0.3) is 5.91 Å².